The maximum Gasteiger partial charge on any atom is 0.239 e. The molecule has 0 radical (unpaired) electrons. The molecule has 0 aliphatic carbocycles. The van der Waals surface area contributed by atoms with Crippen molar-refractivity contribution in [3.8, 4) is 0 Å². The maximum atomic E-state index is 10.2. The van der Waals surface area contributed by atoms with Crippen LogP contribution < -0.4 is 0 Å². The lowest BCUT2D eigenvalue weighted by Gasteiger charge is -2.16. The average molecular weight is 212 g/mol. The molecule has 0 aromatic carbocycles. The molecule has 1 aliphatic rings. The Kier molecular flexibility index (Phi) is 3.18. The summed E-state index contributed by atoms with van der Waals surface area (Å²) in [4.78, 5) is 14.4. The number of aromatic nitrogens is 2. The molecule has 0 saturated carbocycles. The first-order chi connectivity index (χ1) is 6.90. The van der Waals surface area contributed by atoms with E-state index in [1.54, 1.807) is 0 Å². The van der Waals surface area contributed by atoms with Crippen molar-refractivity contribution in [3.05, 3.63) is 11.7 Å². The normalized spacial score (nSPS) is 22.1. The van der Waals surface area contributed by atoms with Gasteiger partial charge in [-0.25, -0.2) is 0 Å². The van der Waals surface area contributed by atoms with Crippen LogP contribution in [0.3, 0.4) is 0 Å². The van der Waals surface area contributed by atoms with Gasteiger partial charge in [-0.2, -0.15) is 4.98 Å². The molecule has 1 unspecified atom stereocenters. The standard InChI is InChI=1S/C9H12N2O2S/c12-5-4-8-10-9(13-11-8)7-3-1-2-6-14-7/h5,7H,1-4,6H2. The van der Waals surface area contributed by atoms with Crippen molar-refractivity contribution in [2.75, 3.05) is 5.75 Å². The van der Waals surface area contributed by atoms with Crippen LogP contribution in [-0.2, 0) is 11.2 Å². The summed E-state index contributed by atoms with van der Waals surface area (Å²) in [5.41, 5.74) is 0. The molecule has 2 rings (SSSR count). The van der Waals surface area contributed by atoms with Gasteiger partial charge in [-0.1, -0.05) is 11.6 Å². The largest absolute Gasteiger partial charge is 0.338 e. The lowest BCUT2D eigenvalue weighted by Crippen LogP contribution is -2.02. The summed E-state index contributed by atoms with van der Waals surface area (Å²) in [6, 6.07) is 0. The maximum absolute atomic E-state index is 10.2. The van der Waals surface area contributed by atoms with Gasteiger partial charge in [-0.15, -0.1) is 11.8 Å². The molecule has 4 nitrogen and oxygen atoms in total. The molecular weight excluding hydrogens is 200 g/mol. The average Bonchev–Trinajstić information content (AvgIpc) is 2.68. The Hall–Kier alpha value is -0.840. The summed E-state index contributed by atoms with van der Waals surface area (Å²) < 4.78 is 5.12. The van der Waals surface area contributed by atoms with E-state index in [0.717, 1.165) is 18.5 Å². The third-order valence-corrected chi connectivity index (χ3v) is 3.57. The summed E-state index contributed by atoms with van der Waals surface area (Å²) in [5, 5.41) is 4.09. The first-order valence-corrected chi connectivity index (χ1v) is 5.83. The molecular formula is C9H12N2O2S. The summed E-state index contributed by atoms with van der Waals surface area (Å²) in [6.07, 6.45) is 4.65. The Balaban J connectivity index is 2.03. The van der Waals surface area contributed by atoms with Crippen molar-refractivity contribution in [1.29, 1.82) is 0 Å². The highest BCUT2D eigenvalue weighted by molar-refractivity contribution is 7.99. The molecule has 0 bridgehead atoms. The van der Waals surface area contributed by atoms with Crippen molar-refractivity contribution >= 4 is 18.0 Å². The number of carbonyl (C=O) groups is 1. The zero-order chi connectivity index (χ0) is 9.80. The van der Waals surface area contributed by atoms with Crippen LogP contribution in [0.15, 0.2) is 4.52 Å². The third-order valence-electron chi connectivity index (χ3n) is 2.20. The predicted octanol–water partition coefficient (Wildman–Crippen LogP) is 1.77. The van der Waals surface area contributed by atoms with Gasteiger partial charge in [0.25, 0.3) is 0 Å². The van der Waals surface area contributed by atoms with Crippen LogP contribution in [-0.4, -0.2) is 22.2 Å². The fraction of sp³-hybridized carbons (Fsp3) is 0.667. The lowest BCUT2D eigenvalue weighted by molar-refractivity contribution is -0.107. The zero-order valence-corrected chi connectivity index (χ0v) is 8.63. The van der Waals surface area contributed by atoms with Crippen molar-refractivity contribution < 1.29 is 9.32 Å². The van der Waals surface area contributed by atoms with Crippen molar-refractivity contribution in [1.82, 2.24) is 10.1 Å². The molecule has 1 aliphatic heterocycles. The summed E-state index contributed by atoms with van der Waals surface area (Å²) in [6.45, 7) is 0. The number of carbonyl (C=O) groups excluding carboxylic acids is 1. The van der Waals surface area contributed by atoms with Crippen LogP contribution in [0.4, 0.5) is 0 Å². The van der Waals surface area contributed by atoms with Crippen LogP contribution >= 0.6 is 11.8 Å². The molecule has 1 aromatic heterocycles. The Morgan fingerprint density at radius 2 is 2.50 bits per heavy atom. The highest BCUT2D eigenvalue weighted by atomic mass is 32.2. The van der Waals surface area contributed by atoms with Crippen molar-refractivity contribution in [3.63, 3.8) is 0 Å². The number of aldehydes is 1. The van der Waals surface area contributed by atoms with E-state index in [9.17, 15) is 4.79 Å². The molecule has 76 valence electrons. The van der Waals surface area contributed by atoms with Crippen LogP contribution in [0, 0.1) is 0 Å². The van der Waals surface area contributed by atoms with Gasteiger partial charge in [0.1, 0.15) is 6.29 Å². The van der Waals surface area contributed by atoms with Crippen molar-refractivity contribution in [2.45, 2.75) is 30.9 Å². The molecule has 1 fully saturated rings. The highest BCUT2D eigenvalue weighted by Crippen LogP contribution is 2.37. The highest BCUT2D eigenvalue weighted by Gasteiger charge is 2.21. The third kappa shape index (κ3) is 2.15. The van der Waals surface area contributed by atoms with E-state index >= 15 is 0 Å². The van der Waals surface area contributed by atoms with Crippen LogP contribution in [0.1, 0.15) is 36.2 Å². The smallest absolute Gasteiger partial charge is 0.239 e. The number of thioether (sulfide) groups is 1. The van der Waals surface area contributed by atoms with E-state index in [-0.39, 0.29) is 6.42 Å². The summed E-state index contributed by atoms with van der Waals surface area (Å²) in [5.74, 6) is 2.35. The first-order valence-electron chi connectivity index (χ1n) is 4.78. The van der Waals surface area contributed by atoms with Gasteiger partial charge in [-0.05, 0) is 18.6 Å². The predicted molar refractivity (Wildman–Crippen MR) is 53.1 cm³/mol. The van der Waals surface area contributed by atoms with Gasteiger partial charge >= 0.3 is 0 Å². The van der Waals surface area contributed by atoms with E-state index in [2.05, 4.69) is 10.1 Å². The monoisotopic (exact) mass is 212 g/mol. The fourth-order valence-corrected chi connectivity index (χ4v) is 2.72. The second-order valence-corrected chi connectivity index (χ2v) is 4.59. The van der Waals surface area contributed by atoms with Crippen LogP contribution in [0.5, 0.6) is 0 Å². The molecule has 1 aromatic rings. The Bertz CT molecular complexity index is 308. The van der Waals surface area contributed by atoms with E-state index in [0.29, 0.717) is 17.0 Å². The second-order valence-electron chi connectivity index (χ2n) is 3.27. The van der Waals surface area contributed by atoms with Crippen LogP contribution in [0.2, 0.25) is 0 Å². The quantitative estimate of drug-likeness (QED) is 0.715. The second kappa shape index (κ2) is 4.59. The lowest BCUT2D eigenvalue weighted by atomic mass is 10.2. The molecule has 1 atom stereocenters. The molecule has 14 heavy (non-hydrogen) atoms. The first kappa shape index (κ1) is 9.71. The van der Waals surface area contributed by atoms with Gasteiger partial charge in [0, 0.05) is 0 Å². The zero-order valence-electron chi connectivity index (χ0n) is 7.81. The van der Waals surface area contributed by atoms with Gasteiger partial charge in [0.15, 0.2) is 5.82 Å². The molecule has 1 saturated heterocycles. The van der Waals surface area contributed by atoms with E-state index in [1.807, 2.05) is 11.8 Å². The minimum absolute atomic E-state index is 0.251. The SMILES string of the molecule is O=CCc1noc(C2CCCCS2)n1. The molecule has 2 heterocycles. The van der Waals surface area contributed by atoms with Crippen molar-refractivity contribution in [2.24, 2.45) is 0 Å². The Morgan fingerprint density at radius 3 is 3.21 bits per heavy atom. The molecule has 5 heteroatoms. The van der Waals surface area contributed by atoms with E-state index in [1.165, 1.54) is 12.8 Å². The minimum atomic E-state index is 0.251. The summed E-state index contributed by atoms with van der Waals surface area (Å²) >= 11 is 1.86. The molecule has 0 amide bonds. The number of hydrogen-bond donors (Lipinski definition) is 0. The Labute approximate surface area is 86.4 Å². The molecule has 0 N–H and O–H groups in total. The van der Waals surface area contributed by atoms with E-state index < -0.39 is 0 Å². The summed E-state index contributed by atoms with van der Waals surface area (Å²) in [7, 11) is 0. The number of hydrogen-bond acceptors (Lipinski definition) is 5. The topological polar surface area (TPSA) is 56.0 Å². The van der Waals surface area contributed by atoms with Gasteiger partial charge in [-0.3, -0.25) is 0 Å². The van der Waals surface area contributed by atoms with Crippen LogP contribution in [0.25, 0.3) is 0 Å². The Morgan fingerprint density at radius 1 is 1.57 bits per heavy atom. The van der Waals surface area contributed by atoms with Gasteiger partial charge in [0.05, 0.1) is 11.7 Å². The fourth-order valence-electron chi connectivity index (χ4n) is 1.49. The minimum Gasteiger partial charge on any atom is -0.338 e. The van der Waals surface area contributed by atoms with Gasteiger partial charge < -0.3 is 9.32 Å². The van der Waals surface area contributed by atoms with E-state index in [4.69, 9.17) is 4.52 Å². The van der Waals surface area contributed by atoms with Gasteiger partial charge in [0.2, 0.25) is 5.89 Å². The molecule has 0 spiro atoms. The number of nitrogens with zero attached hydrogens (tertiary/aromatic N) is 2. The number of rotatable bonds is 3.